The van der Waals surface area contributed by atoms with Gasteiger partial charge in [0.25, 0.3) is 0 Å². The Morgan fingerprint density at radius 1 is 0.878 bits per heavy atom. The van der Waals surface area contributed by atoms with E-state index in [1.54, 1.807) is 12.1 Å². The molecule has 0 saturated carbocycles. The lowest BCUT2D eigenvalue weighted by atomic mass is 9.89. The van der Waals surface area contributed by atoms with E-state index in [-0.39, 0.29) is 23.4 Å². The Labute approximate surface area is 240 Å². The number of likely N-dealkylation sites (tertiary alicyclic amines) is 2. The minimum atomic E-state index is -0.476. The third-order valence-electron chi connectivity index (χ3n) is 8.01. The van der Waals surface area contributed by atoms with Gasteiger partial charge in [-0.15, -0.1) is 0 Å². The number of hydrogen-bond acceptors (Lipinski definition) is 7. The predicted molar refractivity (Wildman–Crippen MR) is 156 cm³/mol. The molecule has 9 nitrogen and oxygen atoms in total. The molecular formula is C32H37N3O6. The van der Waals surface area contributed by atoms with E-state index in [4.69, 9.17) is 14.2 Å². The van der Waals surface area contributed by atoms with Crippen LogP contribution in [-0.4, -0.2) is 66.6 Å². The fourth-order valence-electron chi connectivity index (χ4n) is 5.63. The van der Waals surface area contributed by atoms with Gasteiger partial charge in [-0.1, -0.05) is 30.3 Å². The third-order valence-corrected chi connectivity index (χ3v) is 8.01. The average molecular weight is 560 g/mol. The van der Waals surface area contributed by atoms with Gasteiger partial charge in [0.15, 0.2) is 0 Å². The van der Waals surface area contributed by atoms with Gasteiger partial charge in [-0.25, -0.2) is 0 Å². The van der Waals surface area contributed by atoms with Gasteiger partial charge in [-0.2, -0.15) is 0 Å². The number of amides is 1. The molecule has 2 heterocycles. The zero-order valence-corrected chi connectivity index (χ0v) is 23.4. The largest absolute Gasteiger partial charge is 0.490 e. The molecule has 3 aromatic carbocycles. The maximum Gasteiger partial charge on any atom is 0.311 e. The number of piperidine rings is 2. The summed E-state index contributed by atoms with van der Waals surface area (Å²) in [7, 11) is 1.40. The van der Waals surface area contributed by atoms with E-state index in [9.17, 15) is 14.9 Å². The van der Waals surface area contributed by atoms with Crippen LogP contribution < -0.4 is 14.2 Å². The number of carbonyl (C=O) groups excluding carboxylic acids is 1. The minimum Gasteiger partial charge on any atom is -0.490 e. The SMILES string of the molecule is COc1cc(OC2CCN(C(=O)CCN3CCC(c4ccc(Oc5ccccc5)cc4)CC3)CC2)ccc1[N+](=O)[O-]. The number of nitrogens with zero attached hydrogens (tertiary/aromatic N) is 3. The molecule has 9 heteroatoms. The van der Waals surface area contributed by atoms with Crippen LogP contribution in [0.5, 0.6) is 23.0 Å². The van der Waals surface area contributed by atoms with Crippen LogP contribution in [0.25, 0.3) is 0 Å². The molecule has 5 rings (SSSR count). The van der Waals surface area contributed by atoms with Crippen LogP contribution in [0.4, 0.5) is 5.69 Å². The van der Waals surface area contributed by atoms with E-state index in [0.29, 0.717) is 31.2 Å². The molecule has 216 valence electrons. The summed E-state index contributed by atoms with van der Waals surface area (Å²) in [4.78, 5) is 27.9. The first-order valence-electron chi connectivity index (χ1n) is 14.3. The molecule has 0 unspecified atom stereocenters. The Morgan fingerprint density at radius 3 is 2.20 bits per heavy atom. The lowest BCUT2D eigenvalue weighted by Crippen LogP contribution is -2.43. The number of para-hydroxylation sites is 1. The van der Waals surface area contributed by atoms with Crippen molar-refractivity contribution in [2.24, 2.45) is 0 Å². The number of ether oxygens (including phenoxy) is 3. The van der Waals surface area contributed by atoms with Crippen molar-refractivity contribution in [3.8, 4) is 23.0 Å². The molecule has 0 N–H and O–H groups in total. The topological polar surface area (TPSA) is 94.4 Å². The van der Waals surface area contributed by atoms with E-state index >= 15 is 0 Å². The van der Waals surface area contributed by atoms with Crippen LogP contribution in [0, 0.1) is 10.1 Å². The van der Waals surface area contributed by atoms with Gasteiger partial charge in [-0.05, 0) is 67.7 Å². The number of hydrogen-bond donors (Lipinski definition) is 0. The lowest BCUT2D eigenvalue weighted by Gasteiger charge is -2.34. The highest BCUT2D eigenvalue weighted by molar-refractivity contribution is 5.76. The zero-order chi connectivity index (χ0) is 28.6. The molecule has 0 radical (unpaired) electrons. The normalized spacial score (nSPS) is 16.8. The Bertz CT molecular complexity index is 1300. The molecule has 0 bridgehead atoms. The van der Waals surface area contributed by atoms with E-state index in [1.807, 2.05) is 47.4 Å². The molecule has 3 aromatic rings. The summed E-state index contributed by atoms with van der Waals surface area (Å²) in [5.41, 5.74) is 1.26. The summed E-state index contributed by atoms with van der Waals surface area (Å²) < 4.78 is 17.1. The summed E-state index contributed by atoms with van der Waals surface area (Å²) >= 11 is 0. The van der Waals surface area contributed by atoms with Crippen LogP contribution >= 0.6 is 0 Å². The highest BCUT2D eigenvalue weighted by atomic mass is 16.6. The van der Waals surface area contributed by atoms with Crippen LogP contribution in [0.3, 0.4) is 0 Å². The van der Waals surface area contributed by atoms with Gasteiger partial charge in [-0.3, -0.25) is 14.9 Å². The van der Waals surface area contributed by atoms with Gasteiger partial charge in [0, 0.05) is 51.0 Å². The summed E-state index contributed by atoms with van der Waals surface area (Å²) in [6.07, 6.45) is 4.12. The third kappa shape index (κ3) is 7.55. The average Bonchev–Trinajstić information content (AvgIpc) is 3.01. The summed E-state index contributed by atoms with van der Waals surface area (Å²) in [5, 5.41) is 11.1. The Hall–Kier alpha value is -4.11. The highest BCUT2D eigenvalue weighted by Gasteiger charge is 2.26. The molecule has 2 fully saturated rings. The van der Waals surface area contributed by atoms with Crippen molar-refractivity contribution >= 4 is 11.6 Å². The van der Waals surface area contributed by atoms with Gasteiger partial charge in [0.05, 0.1) is 12.0 Å². The Kier molecular flexibility index (Phi) is 9.36. The fourth-order valence-corrected chi connectivity index (χ4v) is 5.63. The summed E-state index contributed by atoms with van der Waals surface area (Å²) in [6.45, 7) is 4.08. The van der Waals surface area contributed by atoms with Crippen LogP contribution in [-0.2, 0) is 4.79 Å². The molecular weight excluding hydrogens is 522 g/mol. The quantitative estimate of drug-likeness (QED) is 0.221. The molecule has 1 amide bonds. The second-order valence-electron chi connectivity index (χ2n) is 10.6. The number of carbonyl (C=O) groups is 1. The fraction of sp³-hybridized carbons (Fsp3) is 0.406. The van der Waals surface area contributed by atoms with Gasteiger partial charge < -0.3 is 24.0 Å². The van der Waals surface area contributed by atoms with E-state index in [0.717, 1.165) is 56.8 Å². The lowest BCUT2D eigenvalue weighted by molar-refractivity contribution is -0.385. The number of nitro benzene ring substituents is 1. The number of methoxy groups -OCH3 is 1. The standard InChI is InChI=1S/C32H37N3O6/c1-39-31-23-29(11-12-30(31)35(37)38)41-28-15-21-34(22-16-28)32(36)17-20-33-18-13-25(14-19-33)24-7-9-27(10-8-24)40-26-5-3-2-4-6-26/h2-12,23,25,28H,13-22H2,1H3. The van der Waals surface area contributed by atoms with E-state index < -0.39 is 4.92 Å². The van der Waals surface area contributed by atoms with E-state index in [2.05, 4.69) is 17.0 Å². The van der Waals surface area contributed by atoms with Gasteiger partial charge in [0.2, 0.25) is 11.7 Å². The smallest absolute Gasteiger partial charge is 0.311 e. The molecule has 2 saturated heterocycles. The summed E-state index contributed by atoms with van der Waals surface area (Å²) in [5.74, 6) is 3.12. The van der Waals surface area contributed by atoms with Crippen molar-refractivity contribution in [2.45, 2.75) is 44.1 Å². The monoisotopic (exact) mass is 559 g/mol. The van der Waals surface area contributed by atoms with Crippen molar-refractivity contribution < 1.29 is 23.9 Å². The Morgan fingerprint density at radius 2 is 1.54 bits per heavy atom. The maximum absolute atomic E-state index is 12.9. The van der Waals surface area contributed by atoms with Crippen molar-refractivity contribution in [3.05, 3.63) is 88.5 Å². The number of benzene rings is 3. The molecule has 0 atom stereocenters. The minimum absolute atomic E-state index is 0.0387. The van der Waals surface area contributed by atoms with E-state index in [1.165, 1.54) is 18.7 Å². The molecule has 0 aliphatic carbocycles. The van der Waals surface area contributed by atoms with Gasteiger partial charge in [0.1, 0.15) is 23.4 Å². The Balaban J connectivity index is 1.01. The predicted octanol–water partition coefficient (Wildman–Crippen LogP) is 6.04. The van der Waals surface area contributed by atoms with Crippen molar-refractivity contribution in [3.63, 3.8) is 0 Å². The van der Waals surface area contributed by atoms with Crippen LogP contribution in [0.1, 0.15) is 43.6 Å². The zero-order valence-electron chi connectivity index (χ0n) is 23.4. The molecule has 0 aromatic heterocycles. The second kappa shape index (κ2) is 13.5. The van der Waals surface area contributed by atoms with Crippen molar-refractivity contribution in [1.82, 2.24) is 9.80 Å². The van der Waals surface area contributed by atoms with Crippen molar-refractivity contribution in [1.29, 1.82) is 0 Å². The first kappa shape index (κ1) is 28.4. The second-order valence-corrected chi connectivity index (χ2v) is 10.6. The highest BCUT2D eigenvalue weighted by Crippen LogP contribution is 2.33. The van der Waals surface area contributed by atoms with Crippen molar-refractivity contribution in [2.75, 3.05) is 39.8 Å². The number of rotatable bonds is 10. The molecule has 2 aliphatic rings. The number of nitro groups is 1. The first-order chi connectivity index (χ1) is 20.0. The van der Waals surface area contributed by atoms with Crippen LogP contribution in [0.2, 0.25) is 0 Å². The molecule has 2 aliphatic heterocycles. The first-order valence-corrected chi connectivity index (χ1v) is 14.3. The molecule has 41 heavy (non-hydrogen) atoms. The maximum atomic E-state index is 12.9. The summed E-state index contributed by atoms with van der Waals surface area (Å²) in [6, 6.07) is 22.8. The van der Waals surface area contributed by atoms with Gasteiger partial charge >= 0.3 is 5.69 Å². The molecule has 0 spiro atoms. The van der Waals surface area contributed by atoms with Crippen LogP contribution in [0.15, 0.2) is 72.8 Å².